The number of amides is 1. The summed E-state index contributed by atoms with van der Waals surface area (Å²) in [5, 5.41) is 11.8. The molecule has 1 aromatic carbocycles. The third-order valence-corrected chi connectivity index (χ3v) is 4.79. The molecule has 1 amide bonds. The van der Waals surface area contributed by atoms with Crippen molar-refractivity contribution in [3.05, 3.63) is 53.6 Å². The Labute approximate surface area is 158 Å². The van der Waals surface area contributed by atoms with Crippen LogP contribution in [0.4, 0.5) is 10.1 Å². The first-order valence-electron chi connectivity index (χ1n) is 7.79. The van der Waals surface area contributed by atoms with Crippen LogP contribution in [-0.4, -0.2) is 31.4 Å². The molecule has 3 rings (SSSR count). The van der Waals surface area contributed by atoms with Gasteiger partial charge < -0.3 is 9.88 Å². The number of hydrogen-bond donors (Lipinski definition) is 1. The van der Waals surface area contributed by atoms with E-state index in [1.165, 1.54) is 23.9 Å². The second kappa shape index (κ2) is 8.29. The number of anilines is 1. The topological polar surface area (TPSA) is 72.7 Å². The van der Waals surface area contributed by atoms with Crippen LogP contribution in [0.15, 0.2) is 47.9 Å². The number of pyridine rings is 1. The van der Waals surface area contributed by atoms with Gasteiger partial charge in [0.2, 0.25) is 5.91 Å². The Hall–Kier alpha value is -2.45. The highest BCUT2D eigenvalue weighted by molar-refractivity contribution is 7.99. The number of hydrogen-bond acceptors (Lipinski definition) is 5. The van der Waals surface area contributed by atoms with E-state index < -0.39 is 5.82 Å². The van der Waals surface area contributed by atoms with Gasteiger partial charge >= 0.3 is 0 Å². The fourth-order valence-corrected chi connectivity index (χ4v) is 3.32. The van der Waals surface area contributed by atoms with Gasteiger partial charge in [-0.15, -0.1) is 10.2 Å². The van der Waals surface area contributed by atoms with E-state index in [-0.39, 0.29) is 16.7 Å². The van der Waals surface area contributed by atoms with Crippen molar-refractivity contribution in [3.63, 3.8) is 0 Å². The first-order chi connectivity index (χ1) is 12.6. The molecule has 134 valence electrons. The van der Waals surface area contributed by atoms with Crippen molar-refractivity contribution in [2.45, 2.75) is 18.6 Å². The summed E-state index contributed by atoms with van der Waals surface area (Å²) >= 11 is 7.18. The lowest BCUT2D eigenvalue weighted by molar-refractivity contribution is -0.113. The van der Waals surface area contributed by atoms with E-state index >= 15 is 0 Å². The molecular weight excluding hydrogens is 377 g/mol. The molecule has 2 heterocycles. The molecule has 0 aliphatic heterocycles. The van der Waals surface area contributed by atoms with Crippen LogP contribution >= 0.6 is 23.4 Å². The smallest absolute Gasteiger partial charge is 0.234 e. The quantitative estimate of drug-likeness (QED) is 0.645. The van der Waals surface area contributed by atoms with Crippen molar-refractivity contribution in [1.82, 2.24) is 19.7 Å². The zero-order chi connectivity index (χ0) is 18.5. The monoisotopic (exact) mass is 391 g/mol. The van der Waals surface area contributed by atoms with Crippen LogP contribution < -0.4 is 5.32 Å². The molecule has 6 nitrogen and oxygen atoms in total. The van der Waals surface area contributed by atoms with Gasteiger partial charge in [-0.05, 0) is 37.3 Å². The Morgan fingerprint density at radius 2 is 2.04 bits per heavy atom. The van der Waals surface area contributed by atoms with Crippen LogP contribution in [-0.2, 0) is 11.3 Å². The van der Waals surface area contributed by atoms with Gasteiger partial charge in [-0.3, -0.25) is 9.78 Å². The van der Waals surface area contributed by atoms with Gasteiger partial charge in [-0.1, -0.05) is 23.4 Å². The molecule has 3 aromatic rings. The van der Waals surface area contributed by atoms with Crippen LogP contribution in [0.1, 0.15) is 6.92 Å². The summed E-state index contributed by atoms with van der Waals surface area (Å²) in [4.78, 5) is 16.1. The first-order valence-corrected chi connectivity index (χ1v) is 9.16. The summed E-state index contributed by atoms with van der Waals surface area (Å²) in [7, 11) is 0. The second-order valence-electron chi connectivity index (χ2n) is 5.25. The highest BCUT2D eigenvalue weighted by Crippen LogP contribution is 2.25. The lowest BCUT2D eigenvalue weighted by Crippen LogP contribution is -2.15. The van der Waals surface area contributed by atoms with Gasteiger partial charge in [0.25, 0.3) is 0 Å². The minimum atomic E-state index is -0.456. The molecule has 1 N–H and O–H groups in total. The summed E-state index contributed by atoms with van der Waals surface area (Å²) in [5.41, 5.74) is 1.27. The molecule has 9 heteroatoms. The zero-order valence-corrected chi connectivity index (χ0v) is 15.4. The van der Waals surface area contributed by atoms with Crippen LogP contribution in [0, 0.1) is 5.82 Å². The number of rotatable bonds is 6. The number of carbonyl (C=O) groups is 1. The lowest BCUT2D eigenvalue weighted by Gasteiger charge is -2.08. The summed E-state index contributed by atoms with van der Waals surface area (Å²) in [6, 6.07) is 7.53. The minimum absolute atomic E-state index is 0.127. The number of thioether (sulfide) groups is 1. The largest absolute Gasteiger partial charge is 0.324 e. The van der Waals surface area contributed by atoms with Crippen molar-refractivity contribution < 1.29 is 9.18 Å². The van der Waals surface area contributed by atoms with Gasteiger partial charge in [-0.25, -0.2) is 4.39 Å². The summed E-state index contributed by atoms with van der Waals surface area (Å²) < 4.78 is 15.0. The first kappa shape index (κ1) is 18.3. The van der Waals surface area contributed by atoms with E-state index in [0.717, 1.165) is 17.5 Å². The number of aromatic nitrogens is 4. The highest BCUT2D eigenvalue weighted by atomic mass is 35.5. The molecule has 26 heavy (non-hydrogen) atoms. The van der Waals surface area contributed by atoms with Crippen molar-refractivity contribution in [2.24, 2.45) is 0 Å². The van der Waals surface area contributed by atoms with E-state index in [2.05, 4.69) is 20.5 Å². The SMILES string of the molecule is CCn1c(SCC(=O)Nc2ccc(F)cc2Cl)nnc1-c1ccncc1. The molecule has 0 saturated heterocycles. The van der Waals surface area contributed by atoms with Crippen molar-refractivity contribution >= 4 is 35.0 Å². The van der Waals surface area contributed by atoms with Crippen molar-refractivity contribution in [2.75, 3.05) is 11.1 Å². The summed E-state index contributed by atoms with van der Waals surface area (Å²) in [6.45, 7) is 2.65. The van der Waals surface area contributed by atoms with Gasteiger partial charge in [-0.2, -0.15) is 0 Å². The molecule has 0 fully saturated rings. The van der Waals surface area contributed by atoms with E-state index in [9.17, 15) is 9.18 Å². The molecule has 0 aliphatic carbocycles. The van der Waals surface area contributed by atoms with E-state index in [1.807, 2.05) is 23.6 Å². The Balaban J connectivity index is 1.68. The predicted molar refractivity (Wildman–Crippen MR) is 99.7 cm³/mol. The van der Waals surface area contributed by atoms with E-state index in [1.54, 1.807) is 12.4 Å². The van der Waals surface area contributed by atoms with Crippen LogP contribution in [0.2, 0.25) is 5.02 Å². The number of nitrogens with zero attached hydrogens (tertiary/aromatic N) is 4. The molecule has 0 aliphatic rings. The fourth-order valence-electron chi connectivity index (χ4n) is 2.30. The van der Waals surface area contributed by atoms with E-state index in [0.29, 0.717) is 17.4 Å². The lowest BCUT2D eigenvalue weighted by atomic mass is 10.2. The number of carbonyl (C=O) groups excluding carboxylic acids is 1. The average molecular weight is 392 g/mol. The molecule has 0 saturated carbocycles. The number of benzene rings is 1. The maximum absolute atomic E-state index is 13.1. The maximum atomic E-state index is 13.1. The molecule has 0 spiro atoms. The Morgan fingerprint density at radius 1 is 1.27 bits per heavy atom. The van der Waals surface area contributed by atoms with Crippen LogP contribution in [0.25, 0.3) is 11.4 Å². The Kier molecular flexibility index (Phi) is 5.85. The summed E-state index contributed by atoms with van der Waals surface area (Å²) in [6.07, 6.45) is 3.38. The minimum Gasteiger partial charge on any atom is -0.324 e. The summed E-state index contributed by atoms with van der Waals surface area (Å²) in [5.74, 6) is 0.128. The molecule has 0 atom stereocenters. The highest BCUT2D eigenvalue weighted by Gasteiger charge is 2.15. The molecule has 2 aromatic heterocycles. The molecule has 0 unspecified atom stereocenters. The van der Waals surface area contributed by atoms with Gasteiger partial charge in [0, 0.05) is 24.5 Å². The third-order valence-electron chi connectivity index (χ3n) is 3.51. The van der Waals surface area contributed by atoms with Crippen LogP contribution in [0.3, 0.4) is 0 Å². The Morgan fingerprint density at radius 3 is 2.73 bits per heavy atom. The van der Waals surface area contributed by atoms with Crippen LogP contribution in [0.5, 0.6) is 0 Å². The number of nitrogens with one attached hydrogen (secondary N) is 1. The predicted octanol–water partition coefficient (Wildman–Crippen LogP) is 3.88. The second-order valence-corrected chi connectivity index (χ2v) is 6.60. The average Bonchev–Trinajstić information content (AvgIpc) is 3.06. The maximum Gasteiger partial charge on any atom is 0.234 e. The standard InChI is InChI=1S/C17H15ClFN5OS/c1-2-24-16(11-5-7-20-8-6-11)22-23-17(24)26-10-15(25)21-14-4-3-12(19)9-13(14)18/h3-9H,2,10H2,1H3,(H,21,25). The molecule has 0 radical (unpaired) electrons. The van der Waals surface area contributed by atoms with Crippen molar-refractivity contribution in [1.29, 1.82) is 0 Å². The number of halogens is 2. The molecule has 0 bridgehead atoms. The normalized spacial score (nSPS) is 10.7. The van der Waals surface area contributed by atoms with E-state index in [4.69, 9.17) is 11.6 Å². The van der Waals surface area contributed by atoms with Crippen molar-refractivity contribution in [3.8, 4) is 11.4 Å². The zero-order valence-electron chi connectivity index (χ0n) is 13.8. The molecular formula is C17H15ClFN5OS. The van der Waals surface area contributed by atoms with Gasteiger partial charge in [0.05, 0.1) is 16.5 Å². The fraction of sp³-hybridized carbons (Fsp3) is 0.176. The third kappa shape index (κ3) is 4.20. The van der Waals surface area contributed by atoms with Gasteiger partial charge in [0.1, 0.15) is 5.82 Å². The van der Waals surface area contributed by atoms with Gasteiger partial charge in [0.15, 0.2) is 11.0 Å². The Bertz CT molecular complexity index is 919.